The number of unbranched alkanes of at least 4 members (excludes halogenated alkanes) is 2. The molecule has 0 saturated heterocycles. The fourth-order valence-corrected chi connectivity index (χ4v) is 1.77. The van der Waals surface area contributed by atoms with Crippen LogP contribution < -0.4 is 5.73 Å². The van der Waals surface area contributed by atoms with Crippen molar-refractivity contribution in [2.45, 2.75) is 51.9 Å². The molecule has 1 rings (SSSR count). The lowest BCUT2D eigenvalue weighted by molar-refractivity contribution is -0.122. The van der Waals surface area contributed by atoms with Crippen LogP contribution in [0.2, 0.25) is 0 Å². The number of nitrogens with two attached hydrogens (primary N) is 1. The van der Waals surface area contributed by atoms with Gasteiger partial charge >= 0.3 is 0 Å². The molecule has 0 aromatic carbocycles. The number of carbonyl (C=O) groups excluding carboxylic acids is 1. The SMILES string of the molecule is CCCCCC(CC1CC1)C(N)=O. The van der Waals surface area contributed by atoms with Gasteiger partial charge in [-0.2, -0.15) is 0 Å². The Labute approximate surface area is 80.9 Å². The molecule has 0 aliphatic heterocycles. The van der Waals surface area contributed by atoms with E-state index in [2.05, 4.69) is 6.92 Å². The summed E-state index contributed by atoms with van der Waals surface area (Å²) in [5.74, 6) is 0.904. The van der Waals surface area contributed by atoms with Gasteiger partial charge in [-0.15, -0.1) is 0 Å². The van der Waals surface area contributed by atoms with Crippen molar-refractivity contribution in [1.29, 1.82) is 0 Å². The molecule has 1 atom stereocenters. The van der Waals surface area contributed by atoms with Gasteiger partial charge in [0.05, 0.1) is 0 Å². The van der Waals surface area contributed by atoms with Crippen LogP contribution in [0.5, 0.6) is 0 Å². The van der Waals surface area contributed by atoms with Crippen LogP contribution >= 0.6 is 0 Å². The van der Waals surface area contributed by atoms with Crippen molar-refractivity contribution < 1.29 is 4.79 Å². The minimum Gasteiger partial charge on any atom is -0.369 e. The summed E-state index contributed by atoms with van der Waals surface area (Å²) in [5.41, 5.74) is 5.36. The summed E-state index contributed by atoms with van der Waals surface area (Å²) in [5, 5.41) is 0. The lowest BCUT2D eigenvalue weighted by Crippen LogP contribution is -2.23. The summed E-state index contributed by atoms with van der Waals surface area (Å²) in [6.07, 6.45) is 8.31. The molecule has 0 bridgehead atoms. The lowest BCUT2D eigenvalue weighted by atomic mass is 9.95. The maximum absolute atomic E-state index is 11.1. The van der Waals surface area contributed by atoms with E-state index in [1.807, 2.05) is 0 Å². The van der Waals surface area contributed by atoms with Gasteiger partial charge in [-0.1, -0.05) is 39.0 Å². The molecular weight excluding hydrogens is 162 g/mol. The zero-order valence-corrected chi connectivity index (χ0v) is 8.59. The van der Waals surface area contributed by atoms with Gasteiger partial charge in [0.15, 0.2) is 0 Å². The fourth-order valence-electron chi connectivity index (χ4n) is 1.77. The number of hydrogen-bond donors (Lipinski definition) is 1. The van der Waals surface area contributed by atoms with E-state index in [0.29, 0.717) is 0 Å². The molecule has 13 heavy (non-hydrogen) atoms. The van der Waals surface area contributed by atoms with E-state index in [1.165, 1.54) is 25.7 Å². The summed E-state index contributed by atoms with van der Waals surface area (Å²) in [7, 11) is 0. The Balaban J connectivity index is 2.16. The summed E-state index contributed by atoms with van der Waals surface area (Å²) in [6.45, 7) is 2.18. The molecule has 0 aromatic heterocycles. The molecule has 1 unspecified atom stereocenters. The maximum atomic E-state index is 11.1. The highest BCUT2D eigenvalue weighted by Crippen LogP contribution is 2.36. The Bertz CT molecular complexity index is 163. The third-order valence-corrected chi connectivity index (χ3v) is 2.87. The van der Waals surface area contributed by atoms with E-state index in [1.54, 1.807) is 0 Å². The quantitative estimate of drug-likeness (QED) is 0.605. The Kier molecular flexibility index (Phi) is 4.26. The Morgan fingerprint density at radius 1 is 1.46 bits per heavy atom. The van der Waals surface area contributed by atoms with Crippen LogP contribution in [0, 0.1) is 11.8 Å². The molecule has 1 fully saturated rings. The standard InChI is InChI=1S/C11H21NO/c1-2-3-4-5-10(11(12)13)8-9-6-7-9/h9-10H,2-8H2,1H3,(H2,12,13). The molecule has 2 heteroatoms. The predicted molar refractivity (Wildman–Crippen MR) is 54.2 cm³/mol. The molecule has 0 aromatic rings. The van der Waals surface area contributed by atoms with E-state index in [0.717, 1.165) is 25.2 Å². The molecule has 2 N–H and O–H groups in total. The Morgan fingerprint density at radius 3 is 2.62 bits per heavy atom. The van der Waals surface area contributed by atoms with Crippen molar-refractivity contribution in [3.05, 3.63) is 0 Å². The number of amides is 1. The molecule has 1 amide bonds. The molecule has 76 valence electrons. The van der Waals surface area contributed by atoms with Crippen molar-refractivity contribution in [2.75, 3.05) is 0 Å². The molecule has 0 spiro atoms. The summed E-state index contributed by atoms with van der Waals surface area (Å²) in [6, 6.07) is 0. The van der Waals surface area contributed by atoms with Crippen molar-refractivity contribution >= 4 is 5.91 Å². The lowest BCUT2D eigenvalue weighted by Gasteiger charge is -2.11. The summed E-state index contributed by atoms with van der Waals surface area (Å²) < 4.78 is 0. The van der Waals surface area contributed by atoms with Crippen LogP contribution in [0.3, 0.4) is 0 Å². The van der Waals surface area contributed by atoms with Gasteiger partial charge in [0.25, 0.3) is 0 Å². The molecule has 0 heterocycles. The largest absolute Gasteiger partial charge is 0.369 e. The molecule has 1 aliphatic carbocycles. The van der Waals surface area contributed by atoms with Gasteiger partial charge < -0.3 is 5.73 Å². The zero-order valence-electron chi connectivity index (χ0n) is 8.59. The van der Waals surface area contributed by atoms with Crippen molar-refractivity contribution in [3.8, 4) is 0 Å². The number of primary amides is 1. The molecule has 2 nitrogen and oxygen atoms in total. The topological polar surface area (TPSA) is 43.1 Å². The van der Waals surface area contributed by atoms with Gasteiger partial charge in [0.2, 0.25) is 5.91 Å². The second-order valence-electron chi connectivity index (χ2n) is 4.27. The van der Waals surface area contributed by atoms with Crippen LogP contribution in [-0.2, 0) is 4.79 Å². The van der Waals surface area contributed by atoms with Gasteiger partial charge in [0.1, 0.15) is 0 Å². The first-order chi connectivity index (χ1) is 6.24. The first-order valence-corrected chi connectivity index (χ1v) is 5.53. The van der Waals surface area contributed by atoms with Gasteiger partial charge in [-0.25, -0.2) is 0 Å². The smallest absolute Gasteiger partial charge is 0.220 e. The fraction of sp³-hybridized carbons (Fsp3) is 0.909. The van der Waals surface area contributed by atoms with E-state index in [9.17, 15) is 4.79 Å². The molecule has 0 radical (unpaired) electrons. The molecule has 1 saturated carbocycles. The van der Waals surface area contributed by atoms with Gasteiger partial charge in [-0.05, 0) is 18.8 Å². The first kappa shape index (κ1) is 10.6. The van der Waals surface area contributed by atoms with Crippen LogP contribution in [0.15, 0.2) is 0 Å². The van der Waals surface area contributed by atoms with Crippen LogP contribution in [0.4, 0.5) is 0 Å². The monoisotopic (exact) mass is 183 g/mol. The molecular formula is C11H21NO. The van der Waals surface area contributed by atoms with Crippen molar-refractivity contribution in [2.24, 2.45) is 17.6 Å². The summed E-state index contributed by atoms with van der Waals surface area (Å²) >= 11 is 0. The van der Waals surface area contributed by atoms with E-state index >= 15 is 0 Å². The number of rotatable bonds is 7. The highest BCUT2D eigenvalue weighted by molar-refractivity contribution is 5.76. The zero-order chi connectivity index (χ0) is 9.68. The van der Waals surface area contributed by atoms with Crippen molar-refractivity contribution in [3.63, 3.8) is 0 Å². The van der Waals surface area contributed by atoms with Crippen molar-refractivity contribution in [1.82, 2.24) is 0 Å². The number of carbonyl (C=O) groups is 1. The minimum absolute atomic E-state index is 0.0806. The second kappa shape index (κ2) is 5.25. The van der Waals surface area contributed by atoms with Crippen LogP contribution in [0.1, 0.15) is 51.9 Å². The average Bonchev–Trinajstić information content (AvgIpc) is 2.86. The predicted octanol–water partition coefficient (Wildman–Crippen LogP) is 2.47. The first-order valence-electron chi connectivity index (χ1n) is 5.53. The third-order valence-electron chi connectivity index (χ3n) is 2.87. The Morgan fingerprint density at radius 2 is 2.15 bits per heavy atom. The van der Waals surface area contributed by atoms with Gasteiger partial charge in [0, 0.05) is 5.92 Å². The molecule has 1 aliphatic rings. The van der Waals surface area contributed by atoms with E-state index < -0.39 is 0 Å². The van der Waals surface area contributed by atoms with Crippen LogP contribution in [-0.4, -0.2) is 5.91 Å². The average molecular weight is 183 g/mol. The summed E-state index contributed by atoms with van der Waals surface area (Å²) in [4.78, 5) is 11.1. The second-order valence-corrected chi connectivity index (χ2v) is 4.27. The normalized spacial score (nSPS) is 18.5. The highest BCUT2D eigenvalue weighted by Gasteiger charge is 2.27. The highest BCUT2D eigenvalue weighted by atomic mass is 16.1. The van der Waals surface area contributed by atoms with Crippen LogP contribution in [0.25, 0.3) is 0 Å². The maximum Gasteiger partial charge on any atom is 0.220 e. The Hall–Kier alpha value is -0.530. The third kappa shape index (κ3) is 4.30. The van der Waals surface area contributed by atoms with Gasteiger partial charge in [-0.3, -0.25) is 4.79 Å². The minimum atomic E-state index is -0.0806. The number of hydrogen-bond acceptors (Lipinski definition) is 1. The van der Waals surface area contributed by atoms with E-state index in [-0.39, 0.29) is 11.8 Å². The van der Waals surface area contributed by atoms with E-state index in [4.69, 9.17) is 5.73 Å².